The van der Waals surface area contributed by atoms with Gasteiger partial charge in [0, 0.05) is 6.08 Å². The van der Waals surface area contributed by atoms with Crippen LogP contribution in [0.4, 0.5) is 8.78 Å². The molecule has 2 aliphatic carbocycles. The topological polar surface area (TPSA) is 52.6 Å². The van der Waals surface area contributed by atoms with Crippen molar-refractivity contribution >= 4 is 11.9 Å². The second kappa shape index (κ2) is 15.2. The number of hydrogen-bond acceptors (Lipinski definition) is 4. The van der Waals surface area contributed by atoms with Gasteiger partial charge in [0.1, 0.15) is 0 Å². The van der Waals surface area contributed by atoms with E-state index in [2.05, 4.69) is 13.5 Å². The lowest BCUT2D eigenvalue weighted by Gasteiger charge is -2.37. The maximum Gasteiger partial charge on any atom is 0.330 e. The van der Waals surface area contributed by atoms with Gasteiger partial charge in [-0.05, 0) is 93.2 Å². The number of carbonyl (C=O) groups excluding carboxylic acids is 2. The molecular weight excluding hydrogens is 474 g/mol. The van der Waals surface area contributed by atoms with Gasteiger partial charge in [0.15, 0.2) is 11.6 Å². The molecule has 0 spiro atoms. The average molecular weight is 519 g/mol. The van der Waals surface area contributed by atoms with Crippen LogP contribution in [0.25, 0.3) is 0 Å². The molecule has 0 N–H and O–H groups in total. The van der Waals surface area contributed by atoms with Gasteiger partial charge in [0.05, 0.1) is 12.5 Å². The molecule has 0 heterocycles. The Labute approximate surface area is 221 Å². The molecular formula is C31H44F2O4. The van der Waals surface area contributed by atoms with Gasteiger partial charge < -0.3 is 9.47 Å². The molecule has 1 aromatic rings. The van der Waals surface area contributed by atoms with Gasteiger partial charge >= 0.3 is 11.9 Å². The van der Waals surface area contributed by atoms with Gasteiger partial charge in [-0.25, -0.2) is 13.6 Å². The van der Waals surface area contributed by atoms with E-state index in [9.17, 15) is 18.4 Å². The number of ether oxygens (including phenoxy) is 2. The molecule has 0 saturated heterocycles. The second-order valence-electron chi connectivity index (χ2n) is 11.0. The minimum Gasteiger partial charge on any atom is -0.463 e. The number of carbonyl (C=O) groups is 2. The summed E-state index contributed by atoms with van der Waals surface area (Å²) in [6.45, 7) is 5.95. The van der Waals surface area contributed by atoms with Gasteiger partial charge in [-0.2, -0.15) is 0 Å². The fourth-order valence-corrected chi connectivity index (χ4v) is 6.24. The van der Waals surface area contributed by atoms with E-state index in [4.69, 9.17) is 9.47 Å². The van der Waals surface area contributed by atoms with E-state index in [1.54, 1.807) is 0 Å². The highest BCUT2D eigenvalue weighted by Gasteiger charge is 2.34. The summed E-state index contributed by atoms with van der Waals surface area (Å²) in [5, 5.41) is 0. The fraction of sp³-hybridized carbons (Fsp3) is 0.677. The van der Waals surface area contributed by atoms with Crippen molar-refractivity contribution in [3.05, 3.63) is 42.0 Å². The molecule has 0 radical (unpaired) electrons. The summed E-state index contributed by atoms with van der Waals surface area (Å²) >= 11 is 0. The Morgan fingerprint density at radius 2 is 1.51 bits per heavy atom. The first-order valence-electron chi connectivity index (χ1n) is 14.4. The molecule has 2 saturated carbocycles. The molecule has 2 aliphatic rings. The quantitative estimate of drug-likeness (QED) is 0.115. The molecule has 6 heteroatoms. The minimum absolute atomic E-state index is 0.281. The summed E-state index contributed by atoms with van der Waals surface area (Å²) in [5.41, 5.74) is 0.544. The third kappa shape index (κ3) is 9.22. The third-order valence-electron chi connectivity index (χ3n) is 8.39. The van der Waals surface area contributed by atoms with Crippen LogP contribution in [0.15, 0.2) is 24.8 Å². The van der Waals surface area contributed by atoms with Gasteiger partial charge in [-0.1, -0.05) is 52.0 Å². The first kappa shape index (κ1) is 29.3. The molecule has 0 bridgehead atoms. The molecule has 3 rings (SSSR count). The first-order chi connectivity index (χ1) is 17.9. The zero-order valence-corrected chi connectivity index (χ0v) is 22.5. The van der Waals surface area contributed by atoms with E-state index < -0.39 is 29.3 Å². The van der Waals surface area contributed by atoms with Crippen molar-refractivity contribution in [2.75, 3.05) is 6.61 Å². The predicted octanol–water partition coefficient (Wildman–Crippen LogP) is 8.12. The van der Waals surface area contributed by atoms with Gasteiger partial charge in [0.2, 0.25) is 5.75 Å². The monoisotopic (exact) mass is 518 g/mol. The zero-order chi connectivity index (χ0) is 26.6. The number of aryl methyl sites for hydroxylation is 1. The van der Waals surface area contributed by atoms with E-state index in [1.165, 1.54) is 50.7 Å². The minimum atomic E-state index is -0.822. The largest absolute Gasteiger partial charge is 0.463 e. The number of hydrogen-bond donors (Lipinski definition) is 0. The number of esters is 2. The van der Waals surface area contributed by atoms with Crippen LogP contribution in [-0.2, 0) is 20.7 Å². The Balaban J connectivity index is 1.39. The van der Waals surface area contributed by atoms with Crippen molar-refractivity contribution in [2.24, 2.45) is 23.7 Å². The number of rotatable bonds is 13. The molecule has 0 unspecified atom stereocenters. The van der Waals surface area contributed by atoms with Crippen LogP contribution in [-0.4, -0.2) is 18.5 Å². The van der Waals surface area contributed by atoms with E-state index >= 15 is 0 Å². The van der Waals surface area contributed by atoms with Crippen LogP contribution in [0.1, 0.15) is 102 Å². The summed E-state index contributed by atoms with van der Waals surface area (Å²) < 4.78 is 39.5. The van der Waals surface area contributed by atoms with Crippen LogP contribution < -0.4 is 4.74 Å². The Bertz CT molecular complexity index is 860. The van der Waals surface area contributed by atoms with Crippen molar-refractivity contribution < 1.29 is 27.8 Å². The highest BCUT2D eigenvalue weighted by Crippen LogP contribution is 2.42. The van der Waals surface area contributed by atoms with E-state index in [-0.39, 0.29) is 5.92 Å². The van der Waals surface area contributed by atoms with Crippen LogP contribution in [0.2, 0.25) is 0 Å². The summed E-state index contributed by atoms with van der Waals surface area (Å²) in [6.07, 6.45) is 16.2. The van der Waals surface area contributed by atoms with Crippen molar-refractivity contribution in [1.29, 1.82) is 0 Å². The number of benzene rings is 1. The van der Waals surface area contributed by atoms with E-state index in [0.29, 0.717) is 24.5 Å². The zero-order valence-electron chi connectivity index (χ0n) is 22.5. The van der Waals surface area contributed by atoms with Crippen molar-refractivity contribution in [2.45, 2.75) is 103 Å². The number of unbranched alkanes of at least 4 members (excludes halogenated alkanes) is 3. The summed E-state index contributed by atoms with van der Waals surface area (Å²) in [6, 6.07) is 2.53. The van der Waals surface area contributed by atoms with Crippen molar-refractivity contribution in [3.8, 4) is 5.75 Å². The molecule has 0 amide bonds. The third-order valence-corrected chi connectivity index (χ3v) is 8.39. The Hall–Kier alpha value is -2.24. The summed E-state index contributed by atoms with van der Waals surface area (Å²) in [5.74, 6) is -1.11. The SMILES string of the molecule is C=CC(=O)OCCCCCCc1cc(F)c(OC(=O)C2CCC(C3CCC(CCC)CC3)CC2)c(F)c1. The fourth-order valence-electron chi connectivity index (χ4n) is 6.24. The predicted molar refractivity (Wildman–Crippen MR) is 141 cm³/mol. The highest BCUT2D eigenvalue weighted by molar-refractivity contribution is 5.81. The first-order valence-corrected chi connectivity index (χ1v) is 14.4. The highest BCUT2D eigenvalue weighted by atomic mass is 19.1. The normalized spacial score (nSPS) is 23.9. The molecule has 0 aliphatic heterocycles. The lowest BCUT2D eigenvalue weighted by Crippen LogP contribution is -2.30. The smallest absolute Gasteiger partial charge is 0.330 e. The Kier molecular flexibility index (Phi) is 12.1. The molecule has 37 heavy (non-hydrogen) atoms. The van der Waals surface area contributed by atoms with Gasteiger partial charge in [-0.3, -0.25) is 4.79 Å². The van der Waals surface area contributed by atoms with Crippen LogP contribution in [0, 0.1) is 35.3 Å². The number of halogens is 2. The van der Waals surface area contributed by atoms with Crippen molar-refractivity contribution in [1.82, 2.24) is 0 Å². The Morgan fingerprint density at radius 1 is 0.919 bits per heavy atom. The second-order valence-corrected chi connectivity index (χ2v) is 11.0. The maximum atomic E-state index is 14.6. The van der Waals surface area contributed by atoms with Gasteiger partial charge in [-0.15, -0.1) is 0 Å². The van der Waals surface area contributed by atoms with Crippen LogP contribution in [0.3, 0.4) is 0 Å². The standard InChI is InChI=1S/C31H44F2O4/c1-3-9-22-11-13-24(14-12-22)25-15-17-26(18-16-25)31(35)37-30-27(32)20-23(21-28(30)33)10-7-5-6-8-19-36-29(34)4-2/h4,20-22,24-26H,2-3,5-19H2,1H3. The lowest BCUT2D eigenvalue weighted by atomic mass is 9.69. The molecule has 1 aromatic carbocycles. The van der Waals surface area contributed by atoms with E-state index in [0.717, 1.165) is 69.3 Å². The maximum absolute atomic E-state index is 14.6. The Morgan fingerprint density at radius 3 is 2.11 bits per heavy atom. The molecule has 4 nitrogen and oxygen atoms in total. The van der Waals surface area contributed by atoms with E-state index in [1.807, 2.05) is 0 Å². The van der Waals surface area contributed by atoms with Gasteiger partial charge in [0.25, 0.3) is 0 Å². The molecule has 0 aromatic heterocycles. The average Bonchev–Trinajstić information content (AvgIpc) is 2.90. The lowest BCUT2D eigenvalue weighted by molar-refractivity contribution is -0.141. The summed E-state index contributed by atoms with van der Waals surface area (Å²) in [4.78, 5) is 23.7. The van der Waals surface area contributed by atoms with Crippen LogP contribution in [0.5, 0.6) is 5.75 Å². The molecule has 2 fully saturated rings. The molecule has 206 valence electrons. The van der Waals surface area contributed by atoms with Crippen molar-refractivity contribution in [3.63, 3.8) is 0 Å². The summed E-state index contributed by atoms with van der Waals surface area (Å²) in [7, 11) is 0. The molecule has 0 atom stereocenters. The van der Waals surface area contributed by atoms with Crippen LogP contribution >= 0.6 is 0 Å².